The maximum absolute atomic E-state index is 12.7. The van der Waals surface area contributed by atoms with E-state index < -0.39 is 0 Å². The van der Waals surface area contributed by atoms with E-state index in [0.717, 1.165) is 43.1 Å². The van der Waals surface area contributed by atoms with Crippen molar-refractivity contribution in [2.75, 3.05) is 51.2 Å². The molecule has 0 amide bonds. The van der Waals surface area contributed by atoms with Crippen molar-refractivity contribution in [2.24, 2.45) is 0 Å². The zero-order valence-corrected chi connectivity index (χ0v) is 18.3. The molecule has 162 valence electrons. The van der Waals surface area contributed by atoms with Crippen LogP contribution in [0.1, 0.15) is 18.4 Å². The minimum atomic E-state index is -0.347. The van der Waals surface area contributed by atoms with Gasteiger partial charge in [0.25, 0.3) is 0 Å². The highest BCUT2D eigenvalue weighted by atomic mass is 16.4. The van der Waals surface area contributed by atoms with Crippen LogP contribution in [-0.4, -0.2) is 72.1 Å². The average molecular weight is 420 g/mol. The number of anilines is 1. The molecule has 31 heavy (non-hydrogen) atoms. The Morgan fingerprint density at radius 1 is 1.00 bits per heavy atom. The molecule has 0 N–H and O–H groups in total. The summed E-state index contributed by atoms with van der Waals surface area (Å²) in [6.07, 6.45) is 4.29. The number of piperidine rings is 1. The predicted octanol–water partition coefficient (Wildman–Crippen LogP) is 2.77. The first-order chi connectivity index (χ1) is 15.1. The molecule has 3 aromatic rings. The van der Waals surface area contributed by atoms with Crippen LogP contribution in [0.4, 0.5) is 5.82 Å². The Hall–Kier alpha value is -2.77. The Morgan fingerprint density at radius 2 is 1.77 bits per heavy atom. The van der Waals surface area contributed by atoms with Crippen molar-refractivity contribution in [1.29, 1.82) is 0 Å². The summed E-state index contributed by atoms with van der Waals surface area (Å²) in [6.45, 7) is 8.14. The van der Waals surface area contributed by atoms with Gasteiger partial charge in [-0.1, -0.05) is 12.1 Å². The fourth-order valence-corrected chi connectivity index (χ4v) is 4.87. The van der Waals surface area contributed by atoms with E-state index in [9.17, 15) is 4.79 Å². The number of aromatic nitrogens is 2. The summed E-state index contributed by atoms with van der Waals surface area (Å²) >= 11 is 0. The van der Waals surface area contributed by atoms with Crippen LogP contribution in [0.3, 0.4) is 0 Å². The largest absolute Gasteiger partial charge is 0.403 e. The standard InChI is InChI=1S/C24H29N5O2/c1-17-5-3-7-20-21(17)24(30)31-23(26-20)19-6-4-10-25-22(19)29-15-13-28(14-16-29)18-8-11-27(2)12-9-18/h3-7,10,18H,8-9,11-16H2,1-2H3. The fourth-order valence-electron chi connectivity index (χ4n) is 4.87. The van der Waals surface area contributed by atoms with Gasteiger partial charge in [-0.15, -0.1) is 0 Å². The first-order valence-electron chi connectivity index (χ1n) is 11.1. The Balaban J connectivity index is 1.40. The van der Waals surface area contributed by atoms with Gasteiger partial charge in [0, 0.05) is 38.4 Å². The molecule has 0 spiro atoms. The van der Waals surface area contributed by atoms with Crippen molar-refractivity contribution in [3.8, 4) is 11.5 Å². The van der Waals surface area contributed by atoms with Crippen LogP contribution in [0, 0.1) is 6.92 Å². The highest BCUT2D eigenvalue weighted by molar-refractivity contribution is 5.82. The van der Waals surface area contributed by atoms with Crippen LogP contribution < -0.4 is 10.5 Å². The third kappa shape index (κ3) is 3.95. The average Bonchev–Trinajstić information content (AvgIpc) is 2.79. The van der Waals surface area contributed by atoms with Crippen LogP contribution in [0.15, 0.2) is 45.7 Å². The number of aryl methyl sites for hydroxylation is 1. The van der Waals surface area contributed by atoms with Crippen LogP contribution in [-0.2, 0) is 0 Å². The summed E-state index contributed by atoms with van der Waals surface area (Å²) in [7, 11) is 2.21. The monoisotopic (exact) mass is 419 g/mol. The first-order valence-corrected chi connectivity index (χ1v) is 11.1. The van der Waals surface area contributed by atoms with Crippen molar-refractivity contribution in [3.05, 3.63) is 52.5 Å². The quantitative estimate of drug-likeness (QED) is 0.647. The van der Waals surface area contributed by atoms with Gasteiger partial charge in [0.1, 0.15) is 5.82 Å². The molecule has 5 rings (SSSR count). The van der Waals surface area contributed by atoms with Gasteiger partial charge in [-0.05, 0) is 63.7 Å². The van der Waals surface area contributed by atoms with Gasteiger partial charge >= 0.3 is 5.63 Å². The minimum Gasteiger partial charge on any atom is -0.403 e. The number of nitrogens with zero attached hydrogens (tertiary/aromatic N) is 5. The van der Waals surface area contributed by atoms with E-state index in [4.69, 9.17) is 4.42 Å². The van der Waals surface area contributed by atoms with Crippen LogP contribution in [0.2, 0.25) is 0 Å². The lowest BCUT2D eigenvalue weighted by molar-refractivity contribution is 0.115. The normalized spacial score (nSPS) is 19.2. The Kier molecular flexibility index (Phi) is 5.46. The molecule has 1 aromatic carbocycles. The molecular formula is C24H29N5O2. The van der Waals surface area contributed by atoms with Crippen molar-refractivity contribution >= 4 is 16.7 Å². The van der Waals surface area contributed by atoms with Crippen LogP contribution >= 0.6 is 0 Å². The van der Waals surface area contributed by atoms with Crippen molar-refractivity contribution < 1.29 is 4.42 Å². The van der Waals surface area contributed by atoms with E-state index in [0.29, 0.717) is 22.8 Å². The van der Waals surface area contributed by atoms with Crippen molar-refractivity contribution in [2.45, 2.75) is 25.8 Å². The van der Waals surface area contributed by atoms with Gasteiger partial charge < -0.3 is 14.2 Å². The van der Waals surface area contributed by atoms with Crippen LogP contribution in [0.5, 0.6) is 0 Å². The van der Waals surface area contributed by atoms with Gasteiger partial charge in [-0.2, -0.15) is 0 Å². The van der Waals surface area contributed by atoms with Gasteiger partial charge in [0.2, 0.25) is 5.89 Å². The first kappa shape index (κ1) is 20.2. The molecule has 0 saturated carbocycles. The van der Waals surface area contributed by atoms with E-state index in [-0.39, 0.29) is 5.63 Å². The molecule has 0 radical (unpaired) electrons. The van der Waals surface area contributed by atoms with Gasteiger partial charge in [-0.3, -0.25) is 4.90 Å². The summed E-state index contributed by atoms with van der Waals surface area (Å²) < 4.78 is 5.67. The number of rotatable bonds is 3. The molecular weight excluding hydrogens is 390 g/mol. The number of likely N-dealkylation sites (tertiary alicyclic amines) is 1. The predicted molar refractivity (Wildman–Crippen MR) is 123 cm³/mol. The summed E-state index contributed by atoms with van der Waals surface area (Å²) in [6, 6.07) is 10.2. The molecule has 2 fully saturated rings. The highest BCUT2D eigenvalue weighted by Crippen LogP contribution is 2.29. The van der Waals surface area contributed by atoms with Crippen molar-refractivity contribution in [1.82, 2.24) is 19.8 Å². The Labute approximate surface area is 182 Å². The third-order valence-corrected chi connectivity index (χ3v) is 6.70. The lowest BCUT2D eigenvalue weighted by Gasteiger charge is -2.42. The second-order valence-corrected chi connectivity index (χ2v) is 8.71. The zero-order chi connectivity index (χ0) is 21.4. The highest BCUT2D eigenvalue weighted by Gasteiger charge is 2.28. The third-order valence-electron chi connectivity index (χ3n) is 6.70. The molecule has 7 nitrogen and oxygen atoms in total. The molecule has 2 aliphatic heterocycles. The van der Waals surface area contributed by atoms with E-state index in [1.165, 1.54) is 25.9 Å². The number of benzene rings is 1. The topological polar surface area (TPSA) is 65.7 Å². The van der Waals surface area contributed by atoms with Crippen LogP contribution in [0.25, 0.3) is 22.4 Å². The molecule has 7 heteroatoms. The van der Waals surface area contributed by atoms with E-state index in [1.807, 2.05) is 37.3 Å². The molecule has 2 saturated heterocycles. The summed E-state index contributed by atoms with van der Waals surface area (Å²) in [5.74, 6) is 1.18. The fraction of sp³-hybridized carbons (Fsp3) is 0.458. The molecule has 4 heterocycles. The zero-order valence-electron chi connectivity index (χ0n) is 18.3. The number of fused-ring (bicyclic) bond motifs is 1. The summed E-state index contributed by atoms with van der Waals surface area (Å²) in [5.41, 5.74) is 1.96. The van der Waals surface area contributed by atoms with Gasteiger partial charge in [-0.25, -0.2) is 14.8 Å². The molecule has 0 bridgehead atoms. The van der Waals surface area contributed by atoms with E-state index in [2.05, 4.69) is 31.7 Å². The molecule has 0 unspecified atom stereocenters. The SMILES string of the molecule is Cc1cccc2nc(-c3cccnc3N3CCN(C4CCN(C)CC4)CC3)oc(=O)c12. The number of hydrogen-bond donors (Lipinski definition) is 0. The Bertz CT molecular complexity index is 1130. The van der Waals surface area contributed by atoms with Gasteiger partial charge in [0.15, 0.2) is 0 Å². The lowest BCUT2D eigenvalue weighted by atomic mass is 10.0. The lowest BCUT2D eigenvalue weighted by Crippen LogP contribution is -2.53. The van der Waals surface area contributed by atoms with E-state index in [1.54, 1.807) is 6.20 Å². The summed E-state index contributed by atoms with van der Waals surface area (Å²) in [5, 5.41) is 0.545. The second kappa shape index (κ2) is 8.40. The molecule has 0 atom stereocenters. The van der Waals surface area contributed by atoms with Crippen molar-refractivity contribution in [3.63, 3.8) is 0 Å². The van der Waals surface area contributed by atoms with E-state index >= 15 is 0 Å². The minimum absolute atomic E-state index is 0.337. The summed E-state index contributed by atoms with van der Waals surface area (Å²) in [4.78, 5) is 29.3. The number of pyridine rings is 1. The molecule has 0 aliphatic carbocycles. The number of piperazine rings is 1. The molecule has 2 aliphatic rings. The molecule has 2 aromatic heterocycles. The maximum atomic E-state index is 12.7. The Morgan fingerprint density at radius 3 is 2.55 bits per heavy atom. The maximum Gasteiger partial charge on any atom is 0.347 e. The second-order valence-electron chi connectivity index (χ2n) is 8.71. The smallest absolute Gasteiger partial charge is 0.347 e. The number of hydrogen-bond acceptors (Lipinski definition) is 7. The van der Waals surface area contributed by atoms with Gasteiger partial charge in [0.05, 0.1) is 16.5 Å².